The van der Waals surface area contributed by atoms with Crippen LogP contribution in [-0.4, -0.2) is 31.4 Å². The molecule has 7 nitrogen and oxygen atoms in total. The summed E-state index contributed by atoms with van der Waals surface area (Å²) in [6, 6.07) is 11.2. The molecule has 0 radical (unpaired) electrons. The first-order valence-corrected chi connectivity index (χ1v) is 11.1. The average molecular weight is 472 g/mol. The van der Waals surface area contributed by atoms with Crippen LogP contribution in [0.2, 0.25) is 0 Å². The molecule has 176 valence electrons. The Morgan fingerprint density at radius 1 is 1.14 bits per heavy atom. The Balaban J connectivity index is 1.48. The first kappa shape index (κ1) is 22.5. The van der Waals surface area contributed by atoms with E-state index in [9.17, 15) is 14.0 Å². The zero-order valence-corrected chi connectivity index (χ0v) is 19.2. The molecule has 4 aromatic rings. The molecule has 0 saturated heterocycles. The van der Waals surface area contributed by atoms with Gasteiger partial charge >= 0.3 is 0 Å². The molecule has 1 aliphatic heterocycles. The topological polar surface area (TPSA) is 81.5 Å². The second-order valence-corrected chi connectivity index (χ2v) is 8.48. The Kier molecular flexibility index (Phi) is 5.65. The van der Waals surface area contributed by atoms with Gasteiger partial charge in [0.1, 0.15) is 22.8 Å². The lowest BCUT2D eigenvalue weighted by atomic mass is 9.75. The lowest BCUT2D eigenvalue weighted by Gasteiger charge is -2.30. The number of nitrogens with zero attached hydrogens (tertiary/aromatic N) is 6. The molecule has 9 heteroatoms. The summed E-state index contributed by atoms with van der Waals surface area (Å²) in [7, 11) is 1.61. The fraction of sp³-hybridized carbons (Fsp3) is 0.231. The van der Waals surface area contributed by atoms with Gasteiger partial charge in [0.25, 0.3) is 0 Å². The number of benzene rings is 2. The van der Waals surface area contributed by atoms with E-state index < -0.39 is 17.0 Å². The number of fused-ring (bicyclic) bond motifs is 1. The minimum absolute atomic E-state index is 0.247. The van der Waals surface area contributed by atoms with Crippen LogP contribution in [0.5, 0.6) is 5.75 Å². The van der Waals surface area contributed by atoms with Crippen LogP contribution >= 0.6 is 0 Å². The van der Waals surface area contributed by atoms with E-state index in [4.69, 9.17) is 4.74 Å². The van der Waals surface area contributed by atoms with Crippen LogP contribution in [0.4, 0.5) is 8.78 Å². The molecule has 2 aromatic heterocycles. The molecule has 0 spiro atoms. The standard InChI is InChI=1S/C26H22F2N6O/c1-17-14-33(16-30-17)22-6-4-18(10-23(22)35-2)5-7-24-31-25-26(15-29,8-3-9-34(25)32-24)19-11-20(27)13-21(28)12-19/h4-7,10-14,16H,3,8-9H2,1-2H3/b7-5+/t26-/m1/s1. The zero-order chi connectivity index (χ0) is 24.6. The Labute approximate surface area is 200 Å². The predicted octanol–water partition coefficient (Wildman–Crippen LogP) is 4.83. The highest BCUT2D eigenvalue weighted by Gasteiger charge is 2.42. The van der Waals surface area contributed by atoms with Gasteiger partial charge in [-0.3, -0.25) is 0 Å². The lowest BCUT2D eigenvalue weighted by molar-refractivity contribution is 0.390. The summed E-state index contributed by atoms with van der Waals surface area (Å²) in [5.41, 5.74) is 1.61. The van der Waals surface area contributed by atoms with Crippen molar-refractivity contribution in [1.82, 2.24) is 24.3 Å². The van der Waals surface area contributed by atoms with Crippen molar-refractivity contribution < 1.29 is 13.5 Å². The van der Waals surface area contributed by atoms with E-state index in [0.29, 0.717) is 36.8 Å². The van der Waals surface area contributed by atoms with Crippen molar-refractivity contribution in [3.8, 4) is 17.5 Å². The molecule has 0 N–H and O–H groups in total. The monoisotopic (exact) mass is 472 g/mol. The van der Waals surface area contributed by atoms with E-state index in [1.165, 1.54) is 12.1 Å². The summed E-state index contributed by atoms with van der Waals surface area (Å²) in [5, 5.41) is 14.6. The molecular formula is C26H22F2N6O. The summed E-state index contributed by atoms with van der Waals surface area (Å²) < 4.78 is 37.0. The summed E-state index contributed by atoms with van der Waals surface area (Å²) in [5.74, 6) is 0.0218. The number of rotatable bonds is 5. The van der Waals surface area contributed by atoms with Crippen LogP contribution in [0, 0.1) is 29.9 Å². The molecule has 0 amide bonds. The highest BCUT2D eigenvalue weighted by atomic mass is 19.1. The Morgan fingerprint density at radius 2 is 1.94 bits per heavy atom. The predicted molar refractivity (Wildman–Crippen MR) is 126 cm³/mol. The Hall–Kier alpha value is -4.32. The molecule has 0 bridgehead atoms. The van der Waals surface area contributed by atoms with Crippen molar-refractivity contribution in [2.45, 2.75) is 31.7 Å². The third-order valence-corrected chi connectivity index (χ3v) is 6.16. The van der Waals surface area contributed by atoms with Gasteiger partial charge in [-0.25, -0.2) is 23.4 Å². The number of nitriles is 1. The minimum atomic E-state index is -1.27. The number of halogens is 2. The van der Waals surface area contributed by atoms with Gasteiger partial charge in [0.05, 0.1) is 30.9 Å². The second kappa shape index (κ2) is 8.80. The number of methoxy groups -OCH3 is 1. The molecule has 2 aromatic carbocycles. The highest BCUT2D eigenvalue weighted by Crippen LogP contribution is 2.39. The van der Waals surface area contributed by atoms with Crippen LogP contribution in [0.1, 0.15) is 41.3 Å². The molecule has 0 fully saturated rings. The number of aromatic nitrogens is 5. The molecule has 1 aliphatic rings. The average Bonchev–Trinajstić information content (AvgIpc) is 3.47. The summed E-state index contributed by atoms with van der Waals surface area (Å²) in [6.07, 6.45) is 8.28. The van der Waals surface area contributed by atoms with Gasteiger partial charge in [0.2, 0.25) is 0 Å². The quantitative estimate of drug-likeness (QED) is 0.416. The minimum Gasteiger partial charge on any atom is -0.495 e. The molecule has 0 unspecified atom stereocenters. The molecule has 0 aliphatic carbocycles. The Bertz CT molecular complexity index is 1460. The van der Waals surface area contributed by atoms with Crippen LogP contribution in [-0.2, 0) is 12.0 Å². The van der Waals surface area contributed by atoms with Crippen molar-refractivity contribution in [3.05, 3.63) is 89.0 Å². The summed E-state index contributed by atoms with van der Waals surface area (Å²) >= 11 is 0. The number of aryl methyl sites for hydroxylation is 2. The van der Waals surface area contributed by atoms with Gasteiger partial charge in [-0.15, -0.1) is 0 Å². The maximum atomic E-state index is 14.0. The normalized spacial score (nSPS) is 17.3. The largest absolute Gasteiger partial charge is 0.495 e. The molecule has 3 heterocycles. The van der Waals surface area contributed by atoms with Gasteiger partial charge in [-0.05, 0) is 61.2 Å². The number of imidazole rings is 1. The van der Waals surface area contributed by atoms with Gasteiger partial charge in [0.15, 0.2) is 11.6 Å². The van der Waals surface area contributed by atoms with Crippen molar-refractivity contribution in [1.29, 1.82) is 5.26 Å². The SMILES string of the molecule is COc1cc(/C=C/c2nc3n(n2)CCC[C@@]3(C#N)c2cc(F)cc(F)c2)ccc1-n1cnc(C)c1. The van der Waals surface area contributed by atoms with Crippen molar-refractivity contribution >= 4 is 12.2 Å². The lowest BCUT2D eigenvalue weighted by Crippen LogP contribution is -2.34. The highest BCUT2D eigenvalue weighted by molar-refractivity contribution is 5.69. The second-order valence-electron chi connectivity index (χ2n) is 8.48. The van der Waals surface area contributed by atoms with Crippen molar-refractivity contribution in [2.24, 2.45) is 0 Å². The van der Waals surface area contributed by atoms with Crippen LogP contribution in [0.3, 0.4) is 0 Å². The van der Waals surface area contributed by atoms with Gasteiger partial charge in [-0.2, -0.15) is 10.4 Å². The van der Waals surface area contributed by atoms with Gasteiger partial charge in [-0.1, -0.05) is 12.1 Å². The molecule has 0 saturated carbocycles. The van der Waals surface area contributed by atoms with Gasteiger partial charge in [0, 0.05) is 18.8 Å². The first-order chi connectivity index (χ1) is 16.9. The fourth-order valence-corrected chi connectivity index (χ4v) is 4.49. The summed E-state index contributed by atoms with van der Waals surface area (Å²) in [6.45, 7) is 2.49. The van der Waals surface area contributed by atoms with E-state index in [1.807, 2.05) is 42.0 Å². The fourth-order valence-electron chi connectivity index (χ4n) is 4.49. The third-order valence-electron chi connectivity index (χ3n) is 6.16. The number of hydrogen-bond acceptors (Lipinski definition) is 5. The van der Waals surface area contributed by atoms with E-state index in [1.54, 1.807) is 24.2 Å². The van der Waals surface area contributed by atoms with E-state index in [-0.39, 0.29) is 5.56 Å². The van der Waals surface area contributed by atoms with E-state index in [0.717, 1.165) is 23.0 Å². The van der Waals surface area contributed by atoms with Crippen LogP contribution in [0.25, 0.3) is 17.8 Å². The van der Waals surface area contributed by atoms with E-state index >= 15 is 0 Å². The number of hydrogen-bond donors (Lipinski definition) is 0. The van der Waals surface area contributed by atoms with E-state index in [2.05, 4.69) is 21.1 Å². The molecule has 1 atom stereocenters. The maximum absolute atomic E-state index is 14.0. The Morgan fingerprint density at radius 3 is 2.63 bits per heavy atom. The smallest absolute Gasteiger partial charge is 0.174 e. The number of ether oxygens (including phenoxy) is 1. The molecular weight excluding hydrogens is 450 g/mol. The van der Waals surface area contributed by atoms with Crippen molar-refractivity contribution in [3.63, 3.8) is 0 Å². The first-order valence-electron chi connectivity index (χ1n) is 11.1. The molecule has 5 rings (SSSR count). The van der Waals surface area contributed by atoms with Crippen molar-refractivity contribution in [2.75, 3.05) is 7.11 Å². The zero-order valence-electron chi connectivity index (χ0n) is 19.2. The summed E-state index contributed by atoms with van der Waals surface area (Å²) in [4.78, 5) is 8.85. The third kappa shape index (κ3) is 4.08. The maximum Gasteiger partial charge on any atom is 0.174 e. The van der Waals surface area contributed by atoms with Gasteiger partial charge < -0.3 is 9.30 Å². The van der Waals surface area contributed by atoms with Crippen LogP contribution < -0.4 is 4.74 Å². The molecule has 35 heavy (non-hydrogen) atoms. The van der Waals surface area contributed by atoms with Crippen LogP contribution in [0.15, 0.2) is 48.9 Å².